The number of benzene rings is 1. The van der Waals surface area contributed by atoms with E-state index in [1.807, 2.05) is 25.7 Å². The van der Waals surface area contributed by atoms with Gasteiger partial charge >= 0.3 is 6.09 Å². The lowest BCUT2D eigenvalue weighted by Crippen LogP contribution is -2.48. The van der Waals surface area contributed by atoms with Gasteiger partial charge in [0.05, 0.1) is 5.69 Å². The van der Waals surface area contributed by atoms with Crippen molar-refractivity contribution >= 4 is 11.8 Å². The van der Waals surface area contributed by atoms with E-state index in [1.165, 1.54) is 11.1 Å². The van der Waals surface area contributed by atoms with Crippen molar-refractivity contribution in [2.45, 2.75) is 51.7 Å². The molecule has 1 amide bonds. The second-order valence-corrected chi connectivity index (χ2v) is 7.64. The van der Waals surface area contributed by atoms with E-state index < -0.39 is 5.60 Å². The molecule has 3 rings (SSSR count). The quantitative estimate of drug-likeness (QED) is 0.735. The van der Waals surface area contributed by atoms with E-state index in [9.17, 15) is 4.79 Å². The van der Waals surface area contributed by atoms with Gasteiger partial charge in [-0.15, -0.1) is 0 Å². The van der Waals surface area contributed by atoms with Crippen molar-refractivity contribution in [3.63, 3.8) is 0 Å². The molecule has 1 fully saturated rings. The van der Waals surface area contributed by atoms with Gasteiger partial charge in [-0.25, -0.2) is 4.79 Å². The van der Waals surface area contributed by atoms with Crippen molar-refractivity contribution < 1.29 is 9.53 Å². The SMILES string of the molecule is Cc1ccc2c(c1)C1CN(C)CCC1N2C(=O)OC(C)(C)C. The van der Waals surface area contributed by atoms with E-state index in [4.69, 9.17) is 4.74 Å². The number of hydrogen-bond donors (Lipinski definition) is 0. The minimum Gasteiger partial charge on any atom is -0.443 e. The van der Waals surface area contributed by atoms with E-state index in [0.29, 0.717) is 5.92 Å². The smallest absolute Gasteiger partial charge is 0.415 e. The highest BCUT2D eigenvalue weighted by molar-refractivity contribution is 5.92. The summed E-state index contributed by atoms with van der Waals surface area (Å²) in [5.41, 5.74) is 3.11. The molecular weight excluding hydrogens is 276 g/mol. The first kappa shape index (κ1) is 15.3. The van der Waals surface area contributed by atoms with E-state index in [0.717, 1.165) is 25.2 Å². The predicted octanol–water partition coefficient (Wildman–Crippen LogP) is 3.54. The van der Waals surface area contributed by atoms with E-state index in [2.05, 4.69) is 37.1 Å². The Morgan fingerprint density at radius 2 is 2.05 bits per heavy atom. The Morgan fingerprint density at radius 1 is 1.32 bits per heavy atom. The number of rotatable bonds is 0. The third-order valence-corrected chi connectivity index (χ3v) is 4.54. The van der Waals surface area contributed by atoms with E-state index in [-0.39, 0.29) is 12.1 Å². The molecule has 2 heterocycles. The van der Waals surface area contributed by atoms with Crippen molar-refractivity contribution in [2.24, 2.45) is 0 Å². The fraction of sp³-hybridized carbons (Fsp3) is 0.611. The standard InChI is InChI=1S/C18H26N2O2/c1-12-6-7-15-13(10-12)14-11-19(5)9-8-16(14)20(15)17(21)22-18(2,3)4/h6-7,10,14,16H,8-9,11H2,1-5H3. The van der Waals surface area contributed by atoms with Crippen molar-refractivity contribution in [3.05, 3.63) is 29.3 Å². The van der Waals surface area contributed by atoms with Crippen LogP contribution in [-0.4, -0.2) is 42.8 Å². The van der Waals surface area contributed by atoms with E-state index in [1.54, 1.807) is 0 Å². The van der Waals surface area contributed by atoms with Crippen LogP contribution in [0.5, 0.6) is 0 Å². The Kier molecular flexibility index (Phi) is 3.68. The summed E-state index contributed by atoms with van der Waals surface area (Å²) < 4.78 is 5.66. The third kappa shape index (κ3) is 2.72. The maximum atomic E-state index is 12.7. The molecule has 1 aromatic rings. The molecule has 0 N–H and O–H groups in total. The lowest BCUT2D eigenvalue weighted by Gasteiger charge is -2.36. The van der Waals surface area contributed by atoms with Gasteiger partial charge in [0.2, 0.25) is 0 Å². The number of amides is 1. The van der Waals surface area contributed by atoms with Crippen LogP contribution in [0.3, 0.4) is 0 Å². The molecule has 4 nitrogen and oxygen atoms in total. The molecule has 0 spiro atoms. The first-order valence-electron chi connectivity index (χ1n) is 8.07. The number of hydrogen-bond acceptors (Lipinski definition) is 3. The Hall–Kier alpha value is -1.55. The van der Waals surface area contributed by atoms with Crippen molar-refractivity contribution in [3.8, 4) is 0 Å². The number of nitrogens with zero attached hydrogens (tertiary/aromatic N) is 2. The van der Waals surface area contributed by atoms with Crippen LogP contribution < -0.4 is 4.90 Å². The molecule has 0 aromatic heterocycles. The average Bonchev–Trinajstić information content (AvgIpc) is 2.70. The number of carbonyl (C=O) groups excluding carboxylic acids is 1. The summed E-state index contributed by atoms with van der Waals surface area (Å²) in [4.78, 5) is 17.0. The summed E-state index contributed by atoms with van der Waals surface area (Å²) in [6.45, 7) is 9.89. The van der Waals surface area contributed by atoms with Crippen molar-refractivity contribution in [1.29, 1.82) is 0 Å². The largest absolute Gasteiger partial charge is 0.443 e. The molecule has 2 aliphatic rings. The molecule has 0 radical (unpaired) electrons. The second-order valence-electron chi connectivity index (χ2n) is 7.64. The Morgan fingerprint density at radius 3 is 2.73 bits per heavy atom. The highest BCUT2D eigenvalue weighted by atomic mass is 16.6. The number of piperidine rings is 1. The molecule has 2 unspecified atom stereocenters. The zero-order valence-corrected chi connectivity index (χ0v) is 14.2. The number of ether oxygens (including phenoxy) is 1. The van der Waals surface area contributed by atoms with Gasteiger partial charge in [-0.2, -0.15) is 0 Å². The first-order chi connectivity index (χ1) is 10.3. The van der Waals surface area contributed by atoms with Crippen LogP contribution in [0.4, 0.5) is 10.5 Å². The summed E-state index contributed by atoms with van der Waals surface area (Å²) in [6, 6.07) is 6.61. The minimum absolute atomic E-state index is 0.213. The average molecular weight is 302 g/mol. The summed E-state index contributed by atoms with van der Waals surface area (Å²) in [6.07, 6.45) is 0.781. The molecular formula is C18H26N2O2. The summed E-state index contributed by atoms with van der Waals surface area (Å²) >= 11 is 0. The molecule has 1 aromatic carbocycles. The highest BCUT2D eigenvalue weighted by Gasteiger charge is 2.45. The molecule has 0 aliphatic carbocycles. The summed E-state index contributed by atoms with van der Waals surface area (Å²) in [5.74, 6) is 0.390. The maximum Gasteiger partial charge on any atom is 0.415 e. The van der Waals surface area contributed by atoms with Gasteiger partial charge in [0.1, 0.15) is 5.60 Å². The van der Waals surface area contributed by atoms with Crippen molar-refractivity contribution in [1.82, 2.24) is 4.90 Å². The molecule has 0 saturated carbocycles. The van der Waals surface area contributed by atoms with Gasteiger partial charge in [-0.3, -0.25) is 4.90 Å². The van der Waals surface area contributed by atoms with Gasteiger partial charge in [-0.05, 0) is 59.3 Å². The lowest BCUT2D eigenvalue weighted by molar-refractivity contribution is 0.0553. The molecule has 120 valence electrons. The topological polar surface area (TPSA) is 32.8 Å². The van der Waals surface area contributed by atoms with Crippen molar-refractivity contribution in [2.75, 3.05) is 25.0 Å². The van der Waals surface area contributed by atoms with Gasteiger partial charge in [0, 0.05) is 18.5 Å². The fourth-order valence-corrected chi connectivity index (χ4v) is 3.63. The normalized spacial score (nSPS) is 24.9. The third-order valence-electron chi connectivity index (χ3n) is 4.54. The zero-order chi connectivity index (χ0) is 16.1. The lowest BCUT2D eigenvalue weighted by atomic mass is 9.89. The van der Waals surface area contributed by atoms with Gasteiger partial charge < -0.3 is 9.64 Å². The number of likely N-dealkylation sites (tertiary alicyclic amines) is 1. The number of aryl methyl sites for hydroxylation is 1. The molecule has 2 aliphatic heterocycles. The van der Waals surface area contributed by atoms with Crippen LogP contribution in [0.25, 0.3) is 0 Å². The van der Waals surface area contributed by atoms with Crippen LogP contribution in [0, 0.1) is 6.92 Å². The van der Waals surface area contributed by atoms with Gasteiger partial charge in [0.15, 0.2) is 0 Å². The predicted molar refractivity (Wildman–Crippen MR) is 88.5 cm³/mol. The monoisotopic (exact) mass is 302 g/mol. The molecule has 2 atom stereocenters. The maximum absolute atomic E-state index is 12.7. The van der Waals surface area contributed by atoms with Gasteiger partial charge in [0.25, 0.3) is 0 Å². The second kappa shape index (κ2) is 5.27. The number of fused-ring (bicyclic) bond motifs is 3. The van der Waals surface area contributed by atoms with Crippen LogP contribution in [-0.2, 0) is 4.74 Å². The minimum atomic E-state index is -0.467. The molecule has 22 heavy (non-hydrogen) atoms. The number of likely N-dealkylation sites (N-methyl/N-ethyl adjacent to an activating group) is 1. The Balaban J connectivity index is 1.98. The molecule has 1 saturated heterocycles. The number of anilines is 1. The summed E-state index contributed by atoms with van der Waals surface area (Å²) in [7, 11) is 2.15. The molecule has 0 bridgehead atoms. The van der Waals surface area contributed by atoms with E-state index >= 15 is 0 Å². The van der Waals surface area contributed by atoms with Gasteiger partial charge in [-0.1, -0.05) is 17.7 Å². The van der Waals surface area contributed by atoms with Crippen LogP contribution >= 0.6 is 0 Å². The van der Waals surface area contributed by atoms with Crippen LogP contribution in [0.15, 0.2) is 18.2 Å². The van der Waals surface area contributed by atoms with Crippen LogP contribution in [0.2, 0.25) is 0 Å². The summed E-state index contributed by atoms with van der Waals surface area (Å²) in [5, 5.41) is 0. The Bertz CT molecular complexity index is 591. The zero-order valence-electron chi connectivity index (χ0n) is 14.2. The Labute approximate surface area is 133 Å². The van der Waals surface area contributed by atoms with Crippen LogP contribution in [0.1, 0.15) is 44.2 Å². The molecule has 4 heteroatoms. The fourth-order valence-electron chi connectivity index (χ4n) is 3.63. The first-order valence-corrected chi connectivity index (χ1v) is 8.07. The number of carbonyl (C=O) groups is 1. The highest BCUT2D eigenvalue weighted by Crippen LogP contribution is 2.45.